The number of carbonyl (C=O) groups excluding carboxylic acids is 1. The fourth-order valence-corrected chi connectivity index (χ4v) is 5.57. The number of benzene rings is 1. The van der Waals surface area contributed by atoms with E-state index in [1.165, 1.54) is 17.4 Å². The number of alkyl halides is 3. The Morgan fingerprint density at radius 2 is 1.97 bits per heavy atom. The summed E-state index contributed by atoms with van der Waals surface area (Å²) < 4.78 is 39.2. The van der Waals surface area contributed by atoms with Gasteiger partial charge in [0, 0.05) is 18.0 Å². The summed E-state index contributed by atoms with van der Waals surface area (Å²) in [6.45, 7) is 1.82. The molecule has 1 aromatic carbocycles. The lowest BCUT2D eigenvalue weighted by Crippen LogP contribution is -2.34. The van der Waals surface area contributed by atoms with Crippen LogP contribution in [0.3, 0.4) is 0 Å². The van der Waals surface area contributed by atoms with E-state index in [0.29, 0.717) is 51.8 Å². The smallest absolute Gasteiger partial charge is 0.416 e. The number of carbonyl (C=O) groups is 1. The molecule has 0 saturated heterocycles. The first kappa shape index (κ1) is 24.8. The number of fused-ring (bicyclic) bond motifs is 1. The van der Waals surface area contributed by atoms with Gasteiger partial charge in [-0.15, -0.1) is 11.3 Å². The first-order valence-corrected chi connectivity index (χ1v) is 12.2. The zero-order chi connectivity index (χ0) is 26.4. The lowest BCUT2D eigenvalue weighted by Gasteiger charge is -2.34. The van der Waals surface area contributed by atoms with E-state index in [1.807, 2.05) is 6.92 Å². The van der Waals surface area contributed by atoms with Gasteiger partial charge in [0.15, 0.2) is 0 Å². The maximum absolute atomic E-state index is 13.1. The van der Waals surface area contributed by atoms with Crippen molar-refractivity contribution in [3.05, 3.63) is 87.7 Å². The van der Waals surface area contributed by atoms with Crippen LogP contribution in [0, 0.1) is 6.92 Å². The Hall–Kier alpha value is -3.83. The normalized spacial score (nSPS) is 17.3. The third kappa shape index (κ3) is 4.79. The van der Waals surface area contributed by atoms with Crippen LogP contribution in [0.1, 0.15) is 50.5 Å². The maximum atomic E-state index is 13.1. The van der Waals surface area contributed by atoms with Crippen LogP contribution in [0.5, 0.6) is 0 Å². The maximum Gasteiger partial charge on any atom is 0.416 e. The number of anilines is 2. The van der Waals surface area contributed by atoms with Crippen molar-refractivity contribution >= 4 is 28.9 Å². The highest BCUT2D eigenvalue weighted by Crippen LogP contribution is 2.44. The number of aliphatic hydroxyl groups is 1. The Bertz CT molecular complexity index is 1500. The molecular formula is C26H20F3N4O3S-. The van der Waals surface area contributed by atoms with Crippen molar-refractivity contribution in [2.75, 3.05) is 5.32 Å². The van der Waals surface area contributed by atoms with Gasteiger partial charge in [-0.05, 0) is 67.1 Å². The quantitative estimate of drug-likeness (QED) is 0.392. The minimum atomic E-state index is -4.50. The summed E-state index contributed by atoms with van der Waals surface area (Å²) in [5.41, 5.74) is 0.128. The SMILES string of the molecule is Cc1cc(Nc2cc(C(F)(F)F)ccn2)nc(-c2cnc(C3(O)CCCc4c(C(=O)[O-])cccc43)s2)c1. The minimum Gasteiger partial charge on any atom is -0.545 e. The molecule has 190 valence electrons. The molecule has 3 aromatic heterocycles. The van der Waals surface area contributed by atoms with E-state index in [1.54, 1.807) is 30.5 Å². The molecule has 0 spiro atoms. The van der Waals surface area contributed by atoms with Gasteiger partial charge in [-0.3, -0.25) is 0 Å². The van der Waals surface area contributed by atoms with Gasteiger partial charge in [-0.1, -0.05) is 18.2 Å². The van der Waals surface area contributed by atoms with Crippen molar-refractivity contribution in [2.45, 2.75) is 38.0 Å². The molecule has 11 heteroatoms. The Labute approximate surface area is 213 Å². The lowest BCUT2D eigenvalue weighted by atomic mass is 9.77. The highest BCUT2D eigenvalue weighted by molar-refractivity contribution is 7.15. The molecule has 0 amide bonds. The van der Waals surface area contributed by atoms with Gasteiger partial charge in [-0.2, -0.15) is 13.2 Å². The van der Waals surface area contributed by atoms with Crippen LogP contribution in [0.4, 0.5) is 24.8 Å². The molecular weight excluding hydrogens is 505 g/mol. The van der Waals surface area contributed by atoms with E-state index in [0.717, 1.165) is 23.9 Å². The second-order valence-electron chi connectivity index (χ2n) is 8.83. The molecule has 1 aliphatic rings. The summed E-state index contributed by atoms with van der Waals surface area (Å²) in [5.74, 6) is -0.988. The second-order valence-corrected chi connectivity index (χ2v) is 9.86. The van der Waals surface area contributed by atoms with Gasteiger partial charge in [0.25, 0.3) is 0 Å². The average Bonchev–Trinajstić information content (AvgIpc) is 3.35. The molecule has 0 bridgehead atoms. The monoisotopic (exact) mass is 525 g/mol. The minimum absolute atomic E-state index is 0.000664. The number of hydrogen-bond acceptors (Lipinski definition) is 8. The van der Waals surface area contributed by atoms with Crippen molar-refractivity contribution in [1.82, 2.24) is 15.0 Å². The molecule has 7 nitrogen and oxygen atoms in total. The fraction of sp³-hybridized carbons (Fsp3) is 0.231. The number of thiazole rings is 1. The summed E-state index contributed by atoms with van der Waals surface area (Å²) in [7, 11) is 0. The predicted octanol–water partition coefficient (Wildman–Crippen LogP) is 4.61. The number of rotatable bonds is 5. The number of halogens is 3. The number of aromatic nitrogens is 3. The molecule has 0 saturated carbocycles. The molecule has 1 aliphatic carbocycles. The van der Waals surface area contributed by atoms with E-state index in [-0.39, 0.29) is 11.4 Å². The molecule has 2 N–H and O–H groups in total. The van der Waals surface area contributed by atoms with E-state index in [2.05, 4.69) is 20.3 Å². The van der Waals surface area contributed by atoms with Crippen LogP contribution >= 0.6 is 11.3 Å². The van der Waals surface area contributed by atoms with Crippen LogP contribution < -0.4 is 10.4 Å². The molecule has 0 aliphatic heterocycles. The van der Waals surface area contributed by atoms with Crippen molar-refractivity contribution in [2.24, 2.45) is 0 Å². The Balaban J connectivity index is 1.48. The van der Waals surface area contributed by atoms with E-state index in [4.69, 9.17) is 0 Å². The molecule has 0 radical (unpaired) electrons. The van der Waals surface area contributed by atoms with Crippen LogP contribution in [0.25, 0.3) is 10.6 Å². The van der Waals surface area contributed by atoms with Gasteiger partial charge in [-0.25, -0.2) is 15.0 Å². The number of nitrogens with zero attached hydrogens (tertiary/aromatic N) is 3. The van der Waals surface area contributed by atoms with Gasteiger partial charge in [0.05, 0.1) is 22.1 Å². The van der Waals surface area contributed by atoms with Crippen LogP contribution in [-0.2, 0) is 18.2 Å². The number of pyridine rings is 2. The predicted molar refractivity (Wildman–Crippen MR) is 129 cm³/mol. The van der Waals surface area contributed by atoms with E-state index >= 15 is 0 Å². The summed E-state index contributed by atoms with van der Waals surface area (Å²) >= 11 is 1.22. The Morgan fingerprint density at radius 1 is 1.16 bits per heavy atom. The van der Waals surface area contributed by atoms with Gasteiger partial charge < -0.3 is 20.3 Å². The van der Waals surface area contributed by atoms with Crippen LogP contribution in [-0.4, -0.2) is 26.0 Å². The lowest BCUT2D eigenvalue weighted by molar-refractivity contribution is -0.255. The number of nitrogens with one attached hydrogen (secondary N) is 1. The summed E-state index contributed by atoms with van der Waals surface area (Å²) in [5, 5.41) is 26.5. The van der Waals surface area contributed by atoms with Crippen molar-refractivity contribution in [1.29, 1.82) is 0 Å². The third-order valence-electron chi connectivity index (χ3n) is 6.23. The van der Waals surface area contributed by atoms with E-state index in [9.17, 15) is 28.2 Å². The molecule has 1 unspecified atom stereocenters. The van der Waals surface area contributed by atoms with Gasteiger partial charge in [0.2, 0.25) is 0 Å². The topological polar surface area (TPSA) is 111 Å². The Morgan fingerprint density at radius 3 is 2.73 bits per heavy atom. The van der Waals surface area contributed by atoms with Gasteiger partial charge in [0.1, 0.15) is 22.2 Å². The van der Waals surface area contributed by atoms with Crippen molar-refractivity contribution in [3.8, 4) is 10.6 Å². The largest absolute Gasteiger partial charge is 0.545 e. The second kappa shape index (κ2) is 9.24. The van der Waals surface area contributed by atoms with Crippen molar-refractivity contribution in [3.63, 3.8) is 0 Å². The highest BCUT2D eigenvalue weighted by Gasteiger charge is 2.39. The number of aryl methyl sites for hydroxylation is 1. The number of hydrogen-bond donors (Lipinski definition) is 2. The highest BCUT2D eigenvalue weighted by atomic mass is 32.1. The standard InChI is InChI=1S/C26H21F3N4O3S/c1-14-10-19(32-22(11-14)33-21-12-15(7-9-30-21)26(27,28)29)20-13-31-24(37-20)25(36)8-3-5-16-17(23(34)35)4-2-6-18(16)25/h2,4,6-7,9-13,36H,3,5,8H2,1H3,(H,34,35)(H,30,32,33)/p-1. The zero-order valence-electron chi connectivity index (χ0n) is 19.5. The zero-order valence-corrected chi connectivity index (χ0v) is 20.3. The molecule has 1 atom stereocenters. The summed E-state index contributed by atoms with van der Waals surface area (Å²) in [6.07, 6.45) is -0.390. The number of carboxylic acids is 1. The number of aromatic carboxylic acids is 1. The molecule has 4 aromatic rings. The molecule has 3 heterocycles. The van der Waals surface area contributed by atoms with Crippen LogP contribution in [0.2, 0.25) is 0 Å². The summed E-state index contributed by atoms with van der Waals surface area (Å²) in [4.78, 5) is 25.2. The van der Waals surface area contributed by atoms with Crippen molar-refractivity contribution < 1.29 is 28.2 Å². The summed E-state index contributed by atoms with van der Waals surface area (Å²) in [6, 6.07) is 10.0. The fourth-order valence-electron chi connectivity index (χ4n) is 4.56. The average molecular weight is 526 g/mol. The van der Waals surface area contributed by atoms with Gasteiger partial charge >= 0.3 is 6.18 Å². The first-order chi connectivity index (χ1) is 17.5. The molecule has 37 heavy (non-hydrogen) atoms. The van der Waals surface area contributed by atoms with Crippen LogP contribution in [0.15, 0.2) is 54.9 Å². The Kier molecular flexibility index (Phi) is 6.20. The molecule has 5 rings (SSSR count). The first-order valence-electron chi connectivity index (χ1n) is 11.4. The van der Waals surface area contributed by atoms with E-state index < -0.39 is 23.3 Å². The third-order valence-corrected chi connectivity index (χ3v) is 7.40. The number of carboxylic acid groups (broad SMARTS) is 1. The molecule has 0 fully saturated rings.